The summed E-state index contributed by atoms with van der Waals surface area (Å²) < 4.78 is 10.1. The standard InChI is InChI=1S/C15H15NO4S2/c1-19-8-7-16-13(17)12(22-15(16)21)9-10-3-5-11(6-4-10)14(18)20-2/h3-6,9H,7-8H2,1-2H3/b12-9+. The van der Waals surface area contributed by atoms with Crippen molar-refractivity contribution in [1.29, 1.82) is 0 Å². The van der Waals surface area contributed by atoms with Gasteiger partial charge in [0.1, 0.15) is 4.32 Å². The smallest absolute Gasteiger partial charge is 0.337 e. The molecule has 116 valence electrons. The first-order chi connectivity index (χ1) is 10.6. The molecule has 1 fully saturated rings. The summed E-state index contributed by atoms with van der Waals surface area (Å²) >= 11 is 6.47. The molecule has 1 aliphatic heterocycles. The third-order valence-corrected chi connectivity index (χ3v) is 4.40. The van der Waals surface area contributed by atoms with Crippen molar-refractivity contribution in [3.63, 3.8) is 0 Å². The Balaban J connectivity index is 2.14. The number of ether oxygens (including phenoxy) is 2. The summed E-state index contributed by atoms with van der Waals surface area (Å²) in [7, 11) is 2.91. The average molecular weight is 337 g/mol. The van der Waals surface area contributed by atoms with Crippen molar-refractivity contribution in [3.05, 3.63) is 40.3 Å². The number of benzene rings is 1. The third-order valence-electron chi connectivity index (χ3n) is 3.02. The van der Waals surface area contributed by atoms with Crippen LogP contribution < -0.4 is 0 Å². The Hall–Kier alpha value is -1.70. The van der Waals surface area contributed by atoms with Crippen LogP contribution in [0.3, 0.4) is 0 Å². The van der Waals surface area contributed by atoms with E-state index in [1.165, 1.54) is 23.8 Å². The number of carbonyl (C=O) groups is 2. The first-order valence-electron chi connectivity index (χ1n) is 6.49. The van der Waals surface area contributed by atoms with Crippen LogP contribution in [-0.2, 0) is 14.3 Å². The first-order valence-corrected chi connectivity index (χ1v) is 7.72. The highest BCUT2D eigenvalue weighted by atomic mass is 32.2. The maximum atomic E-state index is 12.3. The normalized spacial score (nSPS) is 16.5. The van der Waals surface area contributed by atoms with Crippen LogP contribution in [0.1, 0.15) is 15.9 Å². The highest BCUT2D eigenvalue weighted by Gasteiger charge is 2.31. The van der Waals surface area contributed by atoms with Gasteiger partial charge < -0.3 is 9.47 Å². The minimum atomic E-state index is -0.391. The number of thioether (sulfide) groups is 1. The van der Waals surface area contributed by atoms with E-state index in [0.717, 1.165) is 5.56 Å². The molecule has 1 aromatic carbocycles. The SMILES string of the molecule is COCCN1C(=O)/C(=C\c2ccc(C(=O)OC)cc2)SC1=S. The molecular formula is C15H15NO4S2. The number of rotatable bonds is 5. The minimum absolute atomic E-state index is 0.121. The van der Waals surface area contributed by atoms with E-state index in [4.69, 9.17) is 17.0 Å². The molecule has 22 heavy (non-hydrogen) atoms. The van der Waals surface area contributed by atoms with Crippen molar-refractivity contribution in [2.24, 2.45) is 0 Å². The van der Waals surface area contributed by atoms with Gasteiger partial charge in [0.15, 0.2) is 0 Å². The van der Waals surface area contributed by atoms with E-state index in [-0.39, 0.29) is 5.91 Å². The quantitative estimate of drug-likeness (QED) is 0.467. The monoisotopic (exact) mass is 337 g/mol. The Morgan fingerprint density at radius 1 is 1.32 bits per heavy atom. The second-order valence-corrected chi connectivity index (χ2v) is 6.12. The van der Waals surface area contributed by atoms with Crippen LogP contribution in [0.5, 0.6) is 0 Å². The zero-order valence-corrected chi connectivity index (χ0v) is 13.8. The third kappa shape index (κ3) is 3.73. The second-order valence-electron chi connectivity index (χ2n) is 4.44. The summed E-state index contributed by atoms with van der Waals surface area (Å²) in [6, 6.07) is 6.83. The molecule has 7 heteroatoms. The lowest BCUT2D eigenvalue weighted by Crippen LogP contribution is -2.31. The van der Waals surface area contributed by atoms with Gasteiger partial charge >= 0.3 is 5.97 Å². The molecule has 0 saturated carbocycles. The van der Waals surface area contributed by atoms with Gasteiger partial charge in [-0.25, -0.2) is 4.79 Å². The van der Waals surface area contributed by atoms with Crippen molar-refractivity contribution in [2.75, 3.05) is 27.4 Å². The van der Waals surface area contributed by atoms with Crippen molar-refractivity contribution >= 4 is 46.3 Å². The molecule has 5 nitrogen and oxygen atoms in total. The molecule has 1 saturated heterocycles. The molecule has 0 aromatic heterocycles. The molecule has 0 aliphatic carbocycles. The van der Waals surface area contributed by atoms with Crippen LogP contribution in [0.2, 0.25) is 0 Å². The number of hydrogen-bond donors (Lipinski definition) is 0. The molecule has 1 aliphatic rings. The largest absolute Gasteiger partial charge is 0.465 e. The molecule has 1 aromatic rings. The van der Waals surface area contributed by atoms with Gasteiger partial charge in [0, 0.05) is 7.11 Å². The zero-order valence-electron chi connectivity index (χ0n) is 12.2. The van der Waals surface area contributed by atoms with Gasteiger partial charge in [-0.3, -0.25) is 9.69 Å². The fraction of sp³-hybridized carbons (Fsp3) is 0.267. The Labute approximate surface area is 138 Å². The second kappa shape index (κ2) is 7.53. The van der Waals surface area contributed by atoms with Crippen molar-refractivity contribution in [3.8, 4) is 0 Å². The Kier molecular flexibility index (Phi) is 5.70. The summed E-state index contributed by atoms with van der Waals surface area (Å²) in [5, 5.41) is 0. The van der Waals surface area contributed by atoms with Crippen LogP contribution in [0.15, 0.2) is 29.2 Å². The maximum Gasteiger partial charge on any atom is 0.337 e. The van der Waals surface area contributed by atoms with E-state index in [0.29, 0.717) is 27.9 Å². The Morgan fingerprint density at radius 3 is 2.59 bits per heavy atom. The number of hydrogen-bond acceptors (Lipinski definition) is 6. The van der Waals surface area contributed by atoms with E-state index >= 15 is 0 Å². The molecule has 0 atom stereocenters. The van der Waals surface area contributed by atoms with Crippen LogP contribution in [-0.4, -0.2) is 48.5 Å². The van der Waals surface area contributed by atoms with Gasteiger partial charge in [0.25, 0.3) is 5.91 Å². The van der Waals surface area contributed by atoms with Gasteiger partial charge in [0.05, 0.1) is 30.7 Å². The summed E-state index contributed by atoms with van der Waals surface area (Å²) in [6.45, 7) is 0.882. The van der Waals surface area contributed by atoms with Crippen LogP contribution >= 0.6 is 24.0 Å². The number of carbonyl (C=O) groups excluding carboxylic acids is 2. The predicted octanol–water partition coefficient (Wildman–Crippen LogP) is 2.32. The average Bonchev–Trinajstić information content (AvgIpc) is 2.79. The predicted molar refractivity (Wildman–Crippen MR) is 89.5 cm³/mol. The van der Waals surface area contributed by atoms with E-state index in [2.05, 4.69) is 4.74 Å². The number of esters is 1. The topological polar surface area (TPSA) is 55.8 Å². The minimum Gasteiger partial charge on any atom is -0.465 e. The summed E-state index contributed by atoms with van der Waals surface area (Å²) in [5.41, 5.74) is 1.28. The van der Waals surface area contributed by atoms with Gasteiger partial charge in [-0.1, -0.05) is 36.1 Å². The van der Waals surface area contributed by atoms with Gasteiger partial charge in [-0.15, -0.1) is 0 Å². The summed E-state index contributed by atoms with van der Waals surface area (Å²) in [4.78, 5) is 25.7. The molecular weight excluding hydrogens is 322 g/mol. The van der Waals surface area contributed by atoms with Gasteiger partial charge in [-0.2, -0.15) is 0 Å². The van der Waals surface area contributed by atoms with Crippen molar-refractivity contribution < 1.29 is 19.1 Å². The number of methoxy groups -OCH3 is 2. The molecule has 0 unspecified atom stereocenters. The van der Waals surface area contributed by atoms with E-state index < -0.39 is 5.97 Å². The fourth-order valence-corrected chi connectivity index (χ4v) is 3.17. The molecule has 1 amide bonds. The number of nitrogens with zero attached hydrogens (tertiary/aromatic N) is 1. The zero-order chi connectivity index (χ0) is 16.1. The highest BCUT2D eigenvalue weighted by molar-refractivity contribution is 8.26. The van der Waals surface area contributed by atoms with Gasteiger partial charge in [0.2, 0.25) is 0 Å². The van der Waals surface area contributed by atoms with Crippen LogP contribution in [0.4, 0.5) is 0 Å². The number of thiocarbonyl (C=S) groups is 1. The number of amides is 1. The van der Waals surface area contributed by atoms with Crippen LogP contribution in [0.25, 0.3) is 6.08 Å². The van der Waals surface area contributed by atoms with E-state index in [9.17, 15) is 9.59 Å². The molecule has 2 rings (SSSR count). The molecule has 0 bridgehead atoms. The van der Waals surface area contributed by atoms with Crippen LogP contribution in [0, 0.1) is 0 Å². The van der Waals surface area contributed by atoms with Crippen molar-refractivity contribution in [1.82, 2.24) is 4.90 Å². The Bertz CT molecular complexity index is 625. The lowest BCUT2D eigenvalue weighted by molar-refractivity contribution is -0.122. The molecule has 1 heterocycles. The lowest BCUT2D eigenvalue weighted by atomic mass is 10.1. The summed E-state index contributed by atoms with van der Waals surface area (Å²) in [6.07, 6.45) is 1.76. The fourth-order valence-electron chi connectivity index (χ4n) is 1.86. The molecule has 0 radical (unpaired) electrons. The first kappa shape index (κ1) is 16.7. The molecule has 0 spiro atoms. The van der Waals surface area contributed by atoms with E-state index in [1.807, 2.05) is 0 Å². The lowest BCUT2D eigenvalue weighted by Gasteiger charge is -2.12. The summed E-state index contributed by atoms with van der Waals surface area (Å²) in [5.74, 6) is -0.512. The highest BCUT2D eigenvalue weighted by Crippen LogP contribution is 2.32. The molecule has 0 N–H and O–H groups in total. The Morgan fingerprint density at radius 2 is 2.00 bits per heavy atom. The van der Waals surface area contributed by atoms with Gasteiger partial charge in [-0.05, 0) is 23.8 Å². The van der Waals surface area contributed by atoms with Crippen molar-refractivity contribution in [2.45, 2.75) is 0 Å². The maximum absolute atomic E-state index is 12.3. The van der Waals surface area contributed by atoms with E-state index in [1.54, 1.807) is 37.5 Å².